The number of amides is 1. The second kappa shape index (κ2) is 8.22. The van der Waals surface area contributed by atoms with Crippen LogP contribution in [0.15, 0.2) is 63.2 Å². The number of para-hydroxylation sites is 1. The maximum absolute atomic E-state index is 12.2. The zero-order valence-corrected chi connectivity index (χ0v) is 15.5. The molecule has 0 spiro atoms. The van der Waals surface area contributed by atoms with Crippen LogP contribution >= 0.6 is 0 Å². The number of aromatic amines is 1. The number of carbonyl (C=O) groups is 1. The molecule has 0 bridgehead atoms. The Morgan fingerprint density at radius 3 is 2.67 bits per heavy atom. The van der Waals surface area contributed by atoms with Gasteiger partial charge in [-0.05, 0) is 24.6 Å². The SMILES string of the molecule is Cc1ccccc1-n1c(O)c(C=NNC(=O)c2cccc([N+](=O)[O-])c2)c(=O)[nH]c1=O. The van der Waals surface area contributed by atoms with Crippen molar-refractivity contribution in [1.29, 1.82) is 0 Å². The monoisotopic (exact) mass is 409 g/mol. The van der Waals surface area contributed by atoms with Gasteiger partial charge in [0.05, 0.1) is 16.8 Å². The number of hydrogen-bond acceptors (Lipinski definition) is 7. The number of aromatic hydroxyl groups is 1. The molecule has 0 atom stereocenters. The summed E-state index contributed by atoms with van der Waals surface area (Å²) in [5.74, 6) is -1.43. The van der Waals surface area contributed by atoms with Crippen molar-refractivity contribution >= 4 is 17.8 Å². The third-order valence-electron chi connectivity index (χ3n) is 4.16. The van der Waals surface area contributed by atoms with E-state index in [0.29, 0.717) is 11.3 Å². The van der Waals surface area contributed by atoms with E-state index in [9.17, 15) is 29.6 Å². The number of aryl methyl sites for hydroxylation is 1. The first-order valence-corrected chi connectivity index (χ1v) is 8.51. The Labute approximate surface area is 168 Å². The normalized spacial score (nSPS) is 10.8. The molecular weight excluding hydrogens is 394 g/mol. The topological polar surface area (TPSA) is 160 Å². The van der Waals surface area contributed by atoms with Crippen molar-refractivity contribution in [2.75, 3.05) is 0 Å². The number of benzene rings is 2. The fourth-order valence-electron chi connectivity index (χ4n) is 2.67. The van der Waals surface area contributed by atoms with Crippen molar-refractivity contribution in [1.82, 2.24) is 15.0 Å². The Kier molecular flexibility index (Phi) is 5.54. The molecular formula is C19H15N5O6. The van der Waals surface area contributed by atoms with Crippen LogP contribution < -0.4 is 16.7 Å². The molecule has 2 aromatic carbocycles. The summed E-state index contributed by atoms with van der Waals surface area (Å²) in [5.41, 5.74) is 0.724. The predicted octanol–water partition coefficient (Wildman–Crippen LogP) is 1.21. The number of nitrogens with zero attached hydrogens (tertiary/aromatic N) is 3. The van der Waals surface area contributed by atoms with Crippen molar-refractivity contribution in [3.8, 4) is 11.6 Å². The first-order valence-electron chi connectivity index (χ1n) is 8.51. The molecule has 3 aromatic rings. The highest BCUT2D eigenvalue weighted by Crippen LogP contribution is 2.18. The number of carbonyl (C=O) groups excluding carboxylic acids is 1. The molecule has 30 heavy (non-hydrogen) atoms. The van der Waals surface area contributed by atoms with Gasteiger partial charge in [0.25, 0.3) is 17.2 Å². The van der Waals surface area contributed by atoms with E-state index in [1.165, 1.54) is 18.2 Å². The third-order valence-corrected chi connectivity index (χ3v) is 4.16. The van der Waals surface area contributed by atoms with E-state index in [0.717, 1.165) is 16.8 Å². The standard InChI is InChI=1S/C19H15N5O6/c1-11-5-2-3-8-15(11)23-18(27)14(17(26)21-19(23)28)10-20-22-16(25)12-6-4-7-13(9-12)24(29)30/h2-10,27H,1H3,(H,22,25)(H,21,26,28). The van der Waals surface area contributed by atoms with Gasteiger partial charge in [-0.3, -0.25) is 24.7 Å². The van der Waals surface area contributed by atoms with Crippen LogP contribution in [0.25, 0.3) is 5.69 Å². The van der Waals surface area contributed by atoms with Gasteiger partial charge in [0.2, 0.25) is 5.88 Å². The quantitative estimate of drug-likeness (QED) is 0.326. The van der Waals surface area contributed by atoms with Crippen LogP contribution in [0.3, 0.4) is 0 Å². The zero-order chi connectivity index (χ0) is 21.8. The van der Waals surface area contributed by atoms with Gasteiger partial charge in [-0.2, -0.15) is 5.10 Å². The highest BCUT2D eigenvalue weighted by Gasteiger charge is 2.16. The lowest BCUT2D eigenvalue weighted by Gasteiger charge is -2.11. The number of nitro groups is 1. The van der Waals surface area contributed by atoms with E-state index in [1.807, 2.05) is 0 Å². The van der Waals surface area contributed by atoms with Gasteiger partial charge >= 0.3 is 5.69 Å². The summed E-state index contributed by atoms with van der Waals surface area (Å²) in [7, 11) is 0. The van der Waals surface area contributed by atoms with E-state index >= 15 is 0 Å². The van der Waals surface area contributed by atoms with Crippen molar-refractivity contribution < 1.29 is 14.8 Å². The Morgan fingerprint density at radius 2 is 1.97 bits per heavy atom. The van der Waals surface area contributed by atoms with E-state index in [1.54, 1.807) is 31.2 Å². The minimum Gasteiger partial charge on any atom is -0.493 e. The average molecular weight is 409 g/mol. The number of nitrogens with one attached hydrogen (secondary N) is 2. The molecule has 152 valence electrons. The Balaban J connectivity index is 1.92. The smallest absolute Gasteiger partial charge is 0.335 e. The van der Waals surface area contributed by atoms with E-state index in [2.05, 4.69) is 15.5 Å². The largest absolute Gasteiger partial charge is 0.493 e. The lowest BCUT2D eigenvalue weighted by Crippen LogP contribution is -2.32. The third kappa shape index (κ3) is 3.99. The second-order valence-corrected chi connectivity index (χ2v) is 6.13. The molecule has 0 unspecified atom stereocenters. The van der Waals surface area contributed by atoms with Gasteiger partial charge in [-0.1, -0.05) is 24.3 Å². The maximum Gasteiger partial charge on any atom is 0.335 e. The number of non-ortho nitro benzene ring substituents is 1. The summed E-state index contributed by atoms with van der Waals surface area (Å²) in [4.78, 5) is 48.6. The number of H-pyrrole nitrogens is 1. The summed E-state index contributed by atoms with van der Waals surface area (Å²) < 4.78 is 0.903. The molecule has 1 aromatic heterocycles. The molecule has 11 nitrogen and oxygen atoms in total. The van der Waals surface area contributed by atoms with Crippen molar-refractivity contribution in [2.45, 2.75) is 6.92 Å². The highest BCUT2D eigenvalue weighted by molar-refractivity contribution is 5.95. The number of hydrogen-bond donors (Lipinski definition) is 3. The van der Waals surface area contributed by atoms with Crippen LogP contribution in [0.2, 0.25) is 0 Å². The molecule has 0 saturated carbocycles. The van der Waals surface area contributed by atoms with Crippen LogP contribution in [0.4, 0.5) is 5.69 Å². The van der Waals surface area contributed by atoms with Gasteiger partial charge in [0.1, 0.15) is 5.56 Å². The highest BCUT2D eigenvalue weighted by atomic mass is 16.6. The maximum atomic E-state index is 12.2. The van der Waals surface area contributed by atoms with Crippen LogP contribution in [0.1, 0.15) is 21.5 Å². The summed E-state index contributed by atoms with van der Waals surface area (Å²) in [6.45, 7) is 1.72. The lowest BCUT2D eigenvalue weighted by atomic mass is 10.2. The summed E-state index contributed by atoms with van der Waals surface area (Å²) >= 11 is 0. The molecule has 3 rings (SSSR count). The number of aromatic nitrogens is 2. The Morgan fingerprint density at radius 1 is 1.23 bits per heavy atom. The number of rotatable bonds is 5. The minimum atomic E-state index is -0.907. The van der Waals surface area contributed by atoms with Crippen molar-refractivity contribution in [2.24, 2.45) is 5.10 Å². The van der Waals surface area contributed by atoms with Gasteiger partial charge in [0, 0.05) is 17.7 Å². The van der Waals surface area contributed by atoms with E-state index < -0.39 is 28.0 Å². The fourth-order valence-corrected chi connectivity index (χ4v) is 2.67. The van der Waals surface area contributed by atoms with Crippen LogP contribution in [0.5, 0.6) is 5.88 Å². The molecule has 0 aliphatic rings. The molecule has 1 heterocycles. The number of hydrazone groups is 1. The van der Waals surface area contributed by atoms with Crippen LogP contribution in [-0.2, 0) is 0 Å². The molecule has 0 radical (unpaired) electrons. The van der Waals surface area contributed by atoms with E-state index in [-0.39, 0.29) is 16.8 Å². The summed E-state index contributed by atoms with van der Waals surface area (Å²) in [5, 5.41) is 24.9. The minimum absolute atomic E-state index is 0.0237. The fraction of sp³-hybridized carbons (Fsp3) is 0.0526. The Hall–Kier alpha value is -4.54. The van der Waals surface area contributed by atoms with Gasteiger partial charge in [-0.25, -0.2) is 14.8 Å². The summed E-state index contributed by atoms with van der Waals surface area (Å²) in [6, 6.07) is 11.7. The van der Waals surface area contributed by atoms with Crippen molar-refractivity contribution in [3.63, 3.8) is 0 Å². The van der Waals surface area contributed by atoms with Crippen LogP contribution in [-0.4, -0.2) is 31.7 Å². The van der Waals surface area contributed by atoms with E-state index in [4.69, 9.17) is 0 Å². The van der Waals surface area contributed by atoms with Crippen molar-refractivity contribution in [3.05, 3.63) is 96.2 Å². The first kappa shape index (κ1) is 20.2. The molecule has 3 N–H and O–H groups in total. The predicted molar refractivity (Wildman–Crippen MR) is 107 cm³/mol. The second-order valence-electron chi connectivity index (χ2n) is 6.13. The molecule has 1 amide bonds. The summed E-state index contributed by atoms with van der Waals surface area (Å²) in [6.07, 6.45) is 0.873. The van der Waals surface area contributed by atoms with Gasteiger partial charge in [-0.15, -0.1) is 0 Å². The first-order chi connectivity index (χ1) is 14.3. The Bertz CT molecular complexity index is 1290. The molecule has 0 fully saturated rings. The number of nitro benzene ring substituents is 1. The molecule has 0 saturated heterocycles. The van der Waals surface area contributed by atoms with Crippen LogP contribution in [0, 0.1) is 17.0 Å². The molecule has 0 aliphatic carbocycles. The lowest BCUT2D eigenvalue weighted by molar-refractivity contribution is -0.384. The zero-order valence-electron chi connectivity index (χ0n) is 15.5. The average Bonchev–Trinajstić information content (AvgIpc) is 2.71. The molecule has 11 heteroatoms. The molecule has 0 aliphatic heterocycles. The van der Waals surface area contributed by atoms with Gasteiger partial charge < -0.3 is 5.11 Å². The van der Waals surface area contributed by atoms with Gasteiger partial charge in [0.15, 0.2) is 0 Å².